The Bertz CT molecular complexity index is 138. The second kappa shape index (κ2) is 6.41. The Morgan fingerprint density at radius 1 is 1.14 bits per heavy atom. The fourth-order valence-corrected chi connectivity index (χ4v) is 1.25. The Morgan fingerprint density at radius 2 is 1.71 bits per heavy atom. The van der Waals surface area contributed by atoms with Gasteiger partial charge in [-0.05, 0) is 39.7 Å². The number of hydrogen-bond acceptors (Lipinski definition) is 2. The first-order chi connectivity index (χ1) is 6.34. The van der Waals surface area contributed by atoms with Crippen LogP contribution in [0.15, 0.2) is 0 Å². The molecule has 0 saturated carbocycles. The van der Waals surface area contributed by atoms with Crippen molar-refractivity contribution in [3.05, 3.63) is 0 Å². The zero-order chi connectivity index (χ0) is 11.2. The van der Waals surface area contributed by atoms with Gasteiger partial charge in [-0.3, -0.25) is 0 Å². The first kappa shape index (κ1) is 13.9. The summed E-state index contributed by atoms with van der Waals surface area (Å²) in [6.07, 6.45) is 3.79. The Balaban J connectivity index is 3.37. The third-order valence-corrected chi connectivity index (χ3v) is 2.72. The summed E-state index contributed by atoms with van der Waals surface area (Å²) in [7, 11) is 0. The van der Waals surface area contributed by atoms with E-state index >= 15 is 0 Å². The highest BCUT2D eigenvalue weighted by Crippen LogP contribution is 2.08. The molecule has 0 radical (unpaired) electrons. The van der Waals surface area contributed by atoms with E-state index in [0.29, 0.717) is 0 Å². The summed E-state index contributed by atoms with van der Waals surface area (Å²) in [4.78, 5) is 0. The van der Waals surface area contributed by atoms with Crippen LogP contribution in [0.2, 0.25) is 0 Å². The SMILES string of the molecule is CC(C)CCCCNC(C)C(C)(C)O. The summed E-state index contributed by atoms with van der Waals surface area (Å²) < 4.78 is 0. The predicted octanol–water partition coefficient (Wildman–Crippen LogP) is 2.56. The normalized spacial score (nSPS) is 14.8. The van der Waals surface area contributed by atoms with Gasteiger partial charge >= 0.3 is 0 Å². The predicted molar refractivity (Wildman–Crippen MR) is 62.5 cm³/mol. The minimum atomic E-state index is -0.613. The van der Waals surface area contributed by atoms with Crippen molar-refractivity contribution in [1.29, 1.82) is 0 Å². The van der Waals surface area contributed by atoms with Crippen molar-refractivity contribution < 1.29 is 5.11 Å². The van der Waals surface area contributed by atoms with Crippen molar-refractivity contribution in [2.75, 3.05) is 6.54 Å². The van der Waals surface area contributed by atoms with Gasteiger partial charge in [-0.1, -0.05) is 26.7 Å². The molecule has 0 fully saturated rings. The fraction of sp³-hybridized carbons (Fsp3) is 1.00. The van der Waals surface area contributed by atoms with Gasteiger partial charge in [-0.2, -0.15) is 0 Å². The Morgan fingerprint density at radius 3 is 2.14 bits per heavy atom. The van der Waals surface area contributed by atoms with Crippen molar-refractivity contribution in [1.82, 2.24) is 5.32 Å². The molecule has 14 heavy (non-hydrogen) atoms. The summed E-state index contributed by atoms with van der Waals surface area (Å²) in [5.74, 6) is 0.807. The van der Waals surface area contributed by atoms with Crippen LogP contribution in [0.4, 0.5) is 0 Å². The quantitative estimate of drug-likeness (QED) is 0.620. The van der Waals surface area contributed by atoms with Crippen LogP contribution in [0, 0.1) is 5.92 Å². The van der Waals surface area contributed by atoms with Crippen LogP contribution in [0.5, 0.6) is 0 Å². The second-order valence-corrected chi connectivity index (χ2v) is 5.22. The van der Waals surface area contributed by atoms with Crippen LogP contribution < -0.4 is 5.32 Å². The molecular weight excluding hydrogens is 174 g/mol. The molecule has 0 aliphatic rings. The van der Waals surface area contributed by atoms with E-state index in [1.165, 1.54) is 19.3 Å². The van der Waals surface area contributed by atoms with Gasteiger partial charge in [-0.25, -0.2) is 0 Å². The highest BCUT2D eigenvalue weighted by molar-refractivity contribution is 4.79. The summed E-state index contributed by atoms with van der Waals surface area (Å²) >= 11 is 0. The molecular formula is C12H27NO. The molecule has 0 aliphatic carbocycles. The number of unbranched alkanes of at least 4 members (excludes halogenated alkanes) is 1. The van der Waals surface area contributed by atoms with E-state index in [9.17, 15) is 5.11 Å². The van der Waals surface area contributed by atoms with Gasteiger partial charge in [0.25, 0.3) is 0 Å². The fourth-order valence-electron chi connectivity index (χ4n) is 1.25. The van der Waals surface area contributed by atoms with Crippen LogP contribution in [-0.4, -0.2) is 23.3 Å². The van der Waals surface area contributed by atoms with E-state index < -0.39 is 5.60 Å². The first-order valence-corrected chi connectivity index (χ1v) is 5.79. The average Bonchev–Trinajstić information content (AvgIpc) is 2.01. The van der Waals surface area contributed by atoms with Crippen molar-refractivity contribution in [2.24, 2.45) is 5.92 Å². The standard InChI is InChI=1S/C12H27NO/c1-10(2)8-6-7-9-13-11(3)12(4,5)14/h10-11,13-14H,6-9H2,1-5H3. The molecule has 2 nitrogen and oxygen atoms in total. The van der Waals surface area contributed by atoms with Gasteiger partial charge in [-0.15, -0.1) is 0 Å². The van der Waals surface area contributed by atoms with Gasteiger partial charge < -0.3 is 10.4 Å². The van der Waals surface area contributed by atoms with Crippen LogP contribution in [-0.2, 0) is 0 Å². The summed E-state index contributed by atoms with van der Waals surface area (Å²) in [6.45, 7) is 11.2. The molecule has 0 bridgehead atoms. The smallest absolute Gasteiger partial charge is 0.0741 e. The Hall–Kier alpha value is -0.0800. The first-order valence-electron chi connectivity index (χ1n) is 5.79. The topological polar surface area (TPSA) is 32.3 Å². The zero-order valence-electron chi connectivity index (χ0n) is 10.4. The molecule has 0 heterocycles. The van der Waals surface area contributed by atoms with E-state index in [1.807, 2.05) is 20.8 Å². The van der Waals surface area contributed by atoms with Crippen LogP contribution >= 0.6 is 0 Å². The van der Waals surface area contributed by atoms with Crippen molar-refractivity contribution in [3.8, 4) is 0 Å². The maximum absolute atomic E-state index is 9.67. The van der Waals surface area contributed by atoms with Crippen LogP contribution in [0.1, 0.15) is 53.9 Å². The van der Waals surface area contributed by atoms with Gasteiger partial charge in [0, 0.05) is 6.04 Å². The van der Waals surface area contributed by atoms with E-state index in [2.05, 4.69) is 19.2 Å². The molecule has 1 unspecified atom stereocenters. The lowest BCUT2D eigenvalue weighted by atomic mass is 10.0. The Labute approximate surface area is 89.1 Å². The lowest BCUT2D eigenvalue weighted by Crippen LogP contribution is -2.44. The maximum Gasteiger partial charge on any atom is 0.0741 e. The molecule has 86 valence electrons. The molecule has 0 aromatic heterocycles. The second-order valence-electron chi connectivity index (χ2n) is 5.22. The molecule has 1 atom stereocenters. The molecule has 0 spiro atoms. The van der Waals surface area contributed by atoms with Crippen LogP contribution in [0.25, 0.3) is 0 Å². The molecule has 0 aromatic rings. The minimum Gasteiger partial charge on any atom is -0.389 e. The van der Waals surface area contributed by atoms with E-state index in [4.69, 9.17) is 0 Å². The van der Waals surface area contributed by atoms with E-state index in [1.54, 1.807) is 0 Å². The van der Waals surface area contributed by atoms with Crippen molar-refractivity contribution >= 4 is 0 Å². The lowest BCUT2D eigenvalue weighted by molar-refractivity contribution is 0.0443. The number of nitrogens with one attached hydrogen (secondary N) is 1. The van der Waals surface area contributed by atoms with Gasteiger partial charge in [0.1, 0.15) is 0 Å². The number of hydrogen-bond donors (Lipinski definition) is 2. The minimum absolute atomic E-state index is 0.168. The maximum atomic E-state index is 9.67. The monoisotopic (exact) mass is 201 g/mol. The number of aliphatic hydroxyl groups is 1. The summed E-state index contributed by atoms with van der Waals surface area (Å²) in [6, 6.07) is 0.168. The molecule has 0 amide bonds. The molecule has 0 aliphatic heterocycles. The molecule has 2 heteroatoms. The van der Waals surface area contributed by atoms with E-state index in [-0.39, 0.29) is 6.04 Å². The lowest BCUT2D eigenvalue weighted by Gasteiger charge is -2.26. The van der Waals surface area contributed by atoms with Gasteiger partial charge in [0.2, 0.25) is 0 Å². The van der Waals surface area contributed by atoms with Gasteiger partial charge in [0.05, 0.1) is 5.60 Å². The molecule has 0 aromatic carbocycles. The van der Waals surface area contributed by atoms with Crippen molar-refractivity contribution in [2.45, 2.75) is 65.5 Å². The summed E-state index contributed by atoms with van der Waals surface area (Å²) in [5.41, 5.74) is -0.613. The molecule has 0 saturated heterocycles. The molecule has 0 rings (SSSR count). The van der Waals surface area contributed by atoms with Gasteiger partial charge in [0.15, 0.2) is 0 Å². The molecule has 2 N–H and O–H groups in total. The highest BCUT2D eigenvalue weighted by Gasteiger charge is 2.20. The summed E-state index contributed by atoms with van der Waals surface area (Å²) in [5, 5.41) is 13.0. The highest BCUT2D eigenvalue weighted by atomic mass is 16.3. The van der Waals surface area contributed by atoms with Crippen molar-refractivity contribution in [3.63, 3.8) is 0 Å². The van der Waals surface area contributed by atoms with Crippen LogP contribution in [0.3, 0.4) is 0 Å². The average molecular weight is 201 g/mol. The number of rotatable bonds is 7. The Kier molecular flexibility index (Phi) is 6.38. The van der Waals surface area contributed by atoms with E-state index in [0.717, 1.165) is 12.5 Å². The third-order valence-electron chi connectivity index (χ3n) is 2.72. The zero-order valence-corrected chi connectivity index (χ0v) is 10.4. The third kappa shape index (κ3) is 7.34. The largest absolute Gasteiger partial charge is 0.389 e.